The number of nitrogens with zero attached hydrogens (tertiary/aromatic N) is 2. The third-order valence-corrected chi connectivity index (χ3v) is 3.72. The number of aryl methyl sites for hydroxylation is 1. The average Bonchev–Trinajstić information content (AvgIpc) is 2.86. The van der Waals surface area contributed by atoms with Gasteiger partial charge in [-0.1, -0.05) is 6.07 Å². The van der Waals surface area contributed by atoms with E-state index in [1.165, 1.54) is 5.56 Å². The monoisotopic (exact) mass is 300 g/mol. The van der Waals surface area contributed by atoms with Crippen LogP contribution in [0.25, 0.3) is 16.7 Å². The number of aromatic nitrogens is 2. The van der Waals surface area contributed by atoms with Gasteiger partial charge in [0.1, 0.15) is 11.6 Å². The van der Waals surface area contributed by atoms with Crippen molar-refractivity contribution in [3.63, 3.8) is 0 Å². The molecule has 0 saturated heterocycles. The molecule has 1 aromatic heterocycles. The van der Waals surface area contributed by atoms with Gasteiger partial charge in [-0.2, -0.15) is 0 Å². The highest BCUT2D eigenvalue weighted by atomic mass is 35.5. The van der Waals surface area contributed by atoms with Crippen molar-refractivity contribution in [1.29, 1.82) is 0 Å². The lowest BCUT2D eigenvalue weighted by Crippen LogP contribution is -2.01. The minimum Gasteiger partial charge on any atom is -0.497 e. The molecule has 0 N–H and O–H groups in total. The second kappa shape index (κ2) is 5.41. The predicted octanol–water partition coefficient (Wildman–Crippen LogP) is 4.64. The number of ether oxygens (including phenoxy) is 1. The highest BCUT2D eigenvalue weighted by molar-refractivity contribution is 6.20. The van der Waals surface area contributed by atoms with E-state index in [2.05, 4.69) is 29.7 Å². The summed E-state index contributed by atoms with van der Waals surface area (Å²) in [5, 5.41) is -0.167. The fourth-order valence-corrected chi connectivity index (χ4v) is 2.62. The Morgan fingerprint density at radius 3 is 2.48 bits per heavy atom. The van der Waals surface area contributed by atoms with Crippen molar-refractivity contribution in [3.05, 3.63) is 53.9 Å². The van der Waals surface area contributed by atoms with Crippen LogP contribution in [-0.4, -0.2) is 16.7 Å². The molecule has 0 fully saturated rings. The van der Waals surface area contributed by atoms with Crippen LogP contribution in [0.1, 0.15) is 23.7 Å². The summed E-state index contributed by atoms with van der Waals surface area (Å²) in [5.74, 6) is 1.68. The molecule has 1 unspecified atom stereocenters. The van der Waals surface area contributed by atoms with Crippen molar-refractivity contribution < 1.29 is 4.74 Å². The zero-order valence-electron chi connectivity index (χ0n) is 12.3. The van der Waals surface area contributed by atoms with Crippen LogP contribution in [0.4, 0.5) is 0 Å². The quantitative estimate of drug-likeness (QED) is 0.659. The Labute approximate surface area is 129 Å². The van der Waals surface area contributed by atoms with Crippen LogP contribution in [0.2, 0.25) is 0 Å². The topological polar surface area (TPSA) is 27.1 Å². The summed E-state index contributed by atoms with van der Waals surface area (Å²) in [4.78, 5) is 4.69. The molecule has 4 heteroatoms. The van der Waals surface area contributed by atoms with Gasteiger partial charge in [-0.25, -0.2) is 4.98 Å². The molecule has 3 nitrogen and oxygen atoms in total. The molecule has 0 radical (unpaired) electrons. The fraction of sp³-hybridized carbons (Fsp3) is 0.235. The number of rotatable bonds is 3. The lowest BCUT2D eigenvalue weighted by Gasteiger charge is -2.11. The third-order valence-electron chi connectivity index (χ3n) is 3.52. The molecular formula is C17H17ClN2O. The number of imidazole rings is 1. The molecule has 21 heavy (non-hydrogen) atoms. The van der Waals surface area contributed by atoms with Crippen LogP contribution in [0.5, 0.6) is 5.75 Å². The summed E-state index contributed by atoms with van der Waals surface area (Å²) in [6.45, 7) is 4.01. The number of methoxy groups -OCH3 is 1. The lowest BCUT2D eigenvalue weighted by atomic mass is 10.2. The van der Waals surface area contributed by atoms with Crippen molar-refractivity contribution in [2.45, 2.75) is 19.2 Å². The Kier molecular flexibility index (Phi) is 3.60. The minimum atomic E-state index is -0.167. The van der Waals surface area contributed by atoms with Crippen LogP contribution >= 0.6 is 11.6 Å². The molecule has 2 aromatic carbocycles. The molecular weight excluding hydrogens is 284 g/mol. The van der Waals surface area contributed by atoms with E-state index in [-0.39, 0.29) is 5.38 Å². The summed E-state index contributed by atoms with van der Waals surface area (Å²) in [6, 6.07) is 14.2. The van der Waals surface area contributed by atoms with E-state index in [1.807, 2.05) is 31.2 Å². The van der Waals surface area contributed by atoms with Gasteiger partial charge >= 0.3 is 0 Å². The molecule has 0 amide bonds. The third kappa shape index (κ3) is 2.49. The Bertz CT molecular complexity index is 775. The predicted molar refractivity (Wildman–Crippen MR) is 86.6 cm³/mol. The van der Waals surface area contributed by atoms with Crippen molar-refractivity contribution in [2.75, 3.05) is 7.11 Å². The van der Waals surface area contributed by atoms with E-state index >= 15 is 0 Å². The first kappa shape index (κ1) is 14.0. The van der Waals surface area contributed by atoms with Gasteiger partial charge in [0.15, 0.2) is 0 Å². The van der Waals surface area contributed by atoms with Gasteiger partial charge < -0.3 is 4.74 Å². The minimum absolute atomic E-state index is 0.167. The van der Waals surface area contributed by atoms with Crippen molar-refractivity contribution >= 4 is 22.6 Å². The zero-order valence-corrected chi connectivity index (χ0v) is 13.1. The van der Waals surface area contributed by atoms with Gasteiger partial charge in [-0.05, 0) is 55.8 Å². The summed E-state index contributed by atoms with van der Waals surface area (Å²) in [6.07, 6.45) is 0. The number of benzene rings is 2. The molecule has 1 atom stereocenters. The Morgan fingerprint density at radius 1 is 1.14 bits per heavy atom. The Hall–Kier alpha value is -2.00. The van der Waals surface area contributed by atoms with E-state index in [1.54, 1.807) is 7.11 Å². The van der Waals surface area contributed by atoms with Gasteiger partial charge in [0.2, 0.25) is 0 Å². The highest BCUT2D eigenvalue weighted by Crippen LogP contribution is 2.29. The molecule has 0 saturated carbocycles. The van der Waals surface area contributed by atoms with E-state index in [9.17, 15) is 0 Å². The molecule has 0 aliphatic carbocycles. The van der Waals surface area contributed by atoms with Crippen molar-refractivity contribution in [2.24, 2.45) is 0 Å². The van der Waals surface area contributed by atoms with E-state index in [0.29, 0.717) is 0 Å². The second-order valence-corrected chi connectivity index (χ2v) is 5.77. The first-order valence-electron chi connectivity index (χ1n) is 6.87. The second-order valence-electron chi connectivity index (χ2n) is 5.11. The molecule has 0 aliphatic heterocycles. The molecule has 1 heterocycles. The van der Waals surface area contributed by atoms with E-state index in [0.717, 1.165) is 28.3 Å². The molecule has 3 aromatic rings. The van der Waals surface area contributed by atoms with Crippen molar-refractivity contribution in [3.8, 4) is 11.4 Å². The van der Waals surface area contributed by atoms with Crippen LogP contribution < -0.4 is 4.74 Å². The van der Waals surface area contributed by atoms with Gasteiger partial charge in [-0.3, -0.25) is 4.57 Å². The molecule has 0 bridgehead atoms. The first-order valence-corrected chi connectivity index (χ1v) is 7.31. The largest absolute Gasteiger partial charge is 0.497 e. The Morgan fingerprint density at radius 2 is 1.86 bits per heavy atom. The SMILES string of the molecule is COc1ccc(-n2c(C(C)Cl)nc3cc(C)ccc32)cc1. The van der Waals surface area contributed by atoms with Crippen LogP contribution in [0, 0.1) is 6.92 Å². The maximum atomic E-state index is 6.32. The van der Waals surface area contributed by atoms with Crippen LogP contribution in [-0.2, 0) is 0 Å². The standard InChI is InChI=1S/C17H17ClN2O/c1-11-4-9-16-15(10-11)19-17(12(2)18)20(16)13-5-7-14(21-3)8-6-13/h4-10,12H,1-3H3. The number of hydrogen-bond acceptors (Lipinski definition) is 2. The number of halogens is 1. The molecule has 3 rings (SSSR count). The van der Waals surface area contributed by atoms with Gasteiger partial charge in [0.05, 0.1) is 23.5 Å². The fourth-order valence-electron chi connectivity index (χ4n) is 2.48. The van der Waals surface area contributed by atoms with Crippen LogP contribution in [0.3, 0.4) is 0 Å². The zero-order chi connectivity index (χ0) is 15.0. The summed E-state index contributed by atoms with van der Waals surface area (Å²) in [5.41, 5.74) is 4.25. The highest BCUT2D eigenvalue weighted by Gasteiger charge is 2.16. The van der Waals surface area contributed by atoms with Crippen molar-refractivity contribution in [1.82, 2.24) is 9.55 Å². The van der Waals surface area contributed by atoms with Crippen LogP contribution in [0.15, 0.2) is 42.5 Å². The number of fused-ring (bicyclic) bond motifs is 1. The number of alkyl halides is 1. The number of hydrogen-bond donors (Lipinski definition) is 0. The maximum absolute atomic E-state index is 6.32. The first-order chi connectivity index (χ1) is 10.1. The smallest absolute Gasteiger partial charge is 0.132 e. The summed E-state index contributed by atoms with van der Waals surface area (Å²) >= 11 is 6.32. The normalized spacial score (nSPS) is 12.6. The van der Waals surface area contributed by atoms with E-state index < -0.39 is 0 Å². The average molecular weight is 301 g/mol. The maximum Gasteiger partial charge on any atom is 0.132 e. The van der Waals surface area contributed by atoms with E-state index in [4.69, 9.17) is 21.3 Å². The van der Waals surface area contributed by atoms with Gasteiger partial charge in [-0.15, -0.1) is 11.6 Å². The van der Waals surface area contributed by atoms with Gasteiger partial charge in [0.25, 0.3) is 0 Å². The lowest BCUT2D eigenvalue weighted by molar-refractivity contribution is 0.414. The summed E-state index contributed by atoms with van der Waals surface area (Å²) in [7, 11) is 1.66. The Balaban J connectivity index is 2.25. The summed E-state index contributed by atoms with van der Waals surface area (Å²) < 4.78 is 7.32. The molecule has 0 aliphatic rings. The molecule has 0 spiro atoms. The molecule has 108 valence electrons. The van der Waals surface area contributed by atoms with Gasteiger partial charge in [0, 0.05) is 5.69 Å².